The molecule has 20 heavy (non-hydrogen) atoms. The number of hydrogen-bond donors (Lipinski definition) is 1. The fraction of sp³-hybridized carbons (Fsp3) is 0.250. The van der Waals surface area contributed by atoms with Gasteiger partial charge < -0.3 is 5.32 Å². The zero-order valence-corrected chi connectivity index (χ0v) is 13.7. The minimum Gasteiger partial charge on any atom is -0.313 e. The molecule has 0 saturated heterocycles. The van der Waals surface area contributed by atoms with Gasteiger partial charge in [-0.3, -0.25) is 0 Å². The van der Waals surface area contributed by atoms with Crippen LogP contribution in [0.25, 0.3) is 0 Å². The second kappa shape index (κ2) is 6.82. The second-order valence-corrected chi connectivity index (χ2v) is 6.06. The highest BCUT2D eigenvalue weighted by atomic mass is 35.5. The van der Waals surface area contributed by atoms with Crippen molar-refractivity contribution < 1.29 is 0 Å². The van der Waals surface area contributed by atoms with Crippen LogP contribution in [-0.4, -0.2) is 7.05 Å². The smallest absolute Gasteiger partial charge is 0.0439 e. The van der Waals surface area contributed by atoms with Gasteiger partial charge in [0.1, 0.15) is 0 Å². The van der Waals surface area contributed by atoms with Gasteiger partial charge >= 0.3 is 0 Å². The van der Waals surface area contributed by atoms with Gasteiger partial charge in [-0.2, -0.15) is 0 Å². The van der Waals surface area contributed by atoms with Gasteiger partial charge in [-0.15, -0.1) is 0 Å². The predicted molar refractivity (Wildman–Crippen MR) is 88.2 cm³/mol. The highest BCUT2D eigenvalue weighted by Crippen LogP contribution is 2.28. The van der Waals surface area contributed by atoms with Crippen LogP contribution in [0.4, 0.5) is 0 Å². The van der Waals surface area contributed by atoms with Gasteiger partial charge in [-0.1, -0.05) is 40.9 Å². The lowest BCUT2D eigenvalue weighted by Crippen LogP contribution is -2.20. The van der Waals surface area contributed by atoms with Crippen molar-refractivity contribution >= 4 is 34.8 Å². The van der Waals surface area contributed by atoms with Crippen molar-refractivity contribution in [2.45, 2.75) is 19.4 Å². The molecule has 0 amide bonds. The molecule has 0 spiro atoms. The van der Waals surface area contributed by atoms with Gasteiger partial charge in [0.15, 0.2) is 0 Å². The molecule has 2 aromatic carbocycles. The first-order valence-corrected chi connectivity index (χ1v) is 7.52. The maximum Gasteiger partial charge on any atom is 0.0439 e. The maximum absolute atomic E-state index is 6.24. The van der Waals surface area contributed by atoms with E-state index in [2.05, 4.69) is 12.2 Å². The van der Waals surface area contributed by atoms with E-state index < -0.39 is 0 Å². The fourth-order valence-electron chi connectivity index (χ4n) is 2.27. The highest BCUT2D eigenvalue weighted by Gasteiger charge is 2.15. The summed E-state index contributed by atoms with van der Waals surface area (Å²) >= 11 is 18.4. The molecule has 0 fully saturated rings. The predicted octanol–water partition coefficient (Wildman–Crippen LogP) is 5.46. The number of likely N-dealkylation sites (N-methyl/N-ethyl adjacent to an activating group) is 1. The molecule has 1 atom stereocenters. The Morgan fingerprint density at radius 1 is 1.00 bits per heavy atom. The van der Waals surface area contributed by atoms with Crippen molar-refractivity contribution in [3.8, 4) is 0 Å². The Balaban J connectivity index is 2.33. The summed E-state index contributed by atoms with van der Waals surface area (Å²) in [5.74, 6) is 0. The zero-order chi connectivity index (χ0) is 14.7. The van der Waals surface area contributed by atoms with Crippen molar-refractivity contribution in [1.29, 1.82) is 0 Å². The summed E-state index contributed by atoms with van der Waals surface area (Å²) in [5, 5.41) is 5.49. The number of halogens is 3. The van der Waals surface area contributed by atoms with Crippen LogP contribution in [0.3, 0.4) is 0 Å². The van der Waals surface area contributed by atoms with Crippen molar-refractivity contribution in [3.05, 3.63) is 68.2 Å². The third-order valence-electron chi connectivity index (χ3n) is 3.40. The molecule has 0 aliphatic carbocycles. The molecule has 0 aromatic heterocycles. The van der Waals surface area contributed by atoms with E-state index in [1.807, 2.05) is 37.4 Å². The molecular weight excluding hydrogens is 313 g/mol. The van der Waals surface area contributed by atoms with Crippen molar-refractivity contribution in [2.24, 2.45) is 0 Å². The quantitative estimate of drug-likeness (QED) is 0.786. The number of benzene rings is 2. The number of hydrogen-bond acceptors (Lipinski definition) is 1. The Bertz CT molecular complexity index is 611. The SMILES string of the molecule is CNC(Cc1cc(Cl)ccc1Cl)c1cc(Cl)ccc1C. The lowest BCUT2D eigenvalue weighted by atomic mass is 9.95. The number of rotatable bonds is 4. The van der Waals surface area contributed by atoms with E-state index in [0.29, 0.717) is 5.02 Å². The molecule has 0 aliphatic heterocycles. The summed E-state index contributed by atoms with van der Waals surface area (Å²) in [6, 6.07) is 11.6. The largest absolute Gasteiger partial charge is 0.313 e. The van der Waals surface area contributed by atoms with Crippen LogP contribution >= 0.6 is 34.8 Å². The van der Waals surface area contributed by atoms with E-state index in [-0.39, 0.29) is 6.04 Å². The lowest BCUT2D eigenvalue weighted by Gasteiger charge is -2.20. The van der Waals surface area contributed by atoms with Crippen LogP contribution in [0.5, 0.6) is 0 Å². The maximum atomic E-state index is 6.24. The summed E-state index contributed by atoms with van der Waals surface area (Å²) in [7, 11) is 1.93. The van der Waals surface area contributed by atoms with Gasteiger partial charge in [0.25, 0.3) is 0 Å². The van der Waals surface area contributed by atoms with E-state index in [0.717, 1.165) is 22.0 Å². The normalized spacial score (nSPS) is 12.4. The van der Waals surface area contributed by atoms with Crippen LogP contribution in [0, 0.1) is 6.92 Å². The van der Waals surface area contributed by atoms with E-state index in [1.165, 1.54) is 11.1 Å². The van der Waals surface area contributed by atoms with Crippen LogP contribution in [0.15, 0.2) is 36.4 Å². The Morgan fingerprint density at radius 2 is 1.65 bits per heavy atom. The van der Waals surface area contributed by atoms with Gasteiger partial charge in [-0.05, 0) is 67.4 Å². The molecule has 0 saturated carbocycles. The van der Waals surface area contributed by atoms with Crippen LogP contribution in [-0.2, 0) is 6.42 Å². The Kier molecular flexibility index (Phi) is 5.34. The van der Waals surface area contributed by atoms with Gasteiger partial charge in [-0.25, -0.2) is 0 Å². The van der Waals surface area contributed by atoms with Crippen LogP contribution in [0.2, 0.25) is 15.1 Å². The van der Waals surface area contributed by atoms with E-state index in [1.54, 1.807) is 6.07 Å². The van der Waals surface area contributed by atoms with E-state index >= 15 is 0 Å². The molecule has 0 radical (unpaired) electrons. The molecule has 0 aliphatic rings. The van der Waals surface area contributed by atoms with Crippen molar-refractivity contribution in [3.63, 3.8) is 0 Å². The molecule has 1 N–H and O–H groups in total. The van der Waals surface area contributed by atoms with Crippen LogP contribution < -0.4 is 5.32 Å². The Hall–Kier alpha value is -0.730. The average molecular weight is 329 g/mol. The molecule has 0 bridgehead atoms. The first-order valence-electron chi connectivity index (χ1n) is 6.38. The summed E-state index contributed by atoms with van der Waals surface area (Å²) in [5.41, 5.74) is 3.40. The third-order valence-corrected chi connectivity index (χ3v) is 4.24. The molecule has 2 aromatic rings. The van der Waals surface area contributed by atoms with Gasteiger partial charge in [0, 0.05) is 21.1 Å². The molecule has 2 rings (SSSR count). The number of aryl methyl sites for hydroxylation is 1. The van der Waals surface area contributed by atoms with E-state index in [4.69, 9.17) is 34.8 Å². The minimum atomic E-state index is 0.143. The average Bonchev–Trinajstić information content (AvgIpc) is 2.42. The van der Waals surface area contributed by atoms with Gasteiger partial charge in [0.05, 0.1) is 0 Å². The first-order chi connectivity index (χ1) is 9.51. The minimum absolute atomic E-state index is 0.143. The summed E-state index contributed by atoms with van der Waals surface area (Å²) in [6.07, 6.45) is 0.761. The van der Waals surface area contributed by atoms with E-state index in [9.17, 15) is 0 Å². The van der Waals surface area contributed by atoms with Crippen molar-refractivity contribution in [2.75, 3.05) is 7.05 Å². The first kappa shape index (κ1) is 15.7. The Morgan fingerprint density at radius 3 is 2.35 bits per heavy atom. The topological polar surface area (TPSA) is 12.0 Å². The molecule has 4 heteroatoms. The molecule has 106 valence electrons. The summed E-state index contributed by atoms with van der Waals surface area (Å²) in [6.45, 7) is 2.08. The summed E-state index contributed by atoms with van der Waals surface area (Å²) < 4.78 is 0. The number of nitrogens with one attached hydrogen (secondary N) is 1. The van der Waals surface area contributed by atoms with Crippen molar-refractivity contribution in [1.82, 2.24) is 5.32 Å². The second-order valence-electron chi connectivity index (χ2n) is 4.78. The molecular formula is C16H16Cl3N. The standard InChI is InChI=1S/C16H16Cl3N/c1-10-3-4-13(18)9-14(10)16(20-2)8-11-7-12(17)5-6-15(11)19/h3-7,9,16,20H,8H2,1-2H3. The highest BCUT2D eigenvalue weighted by molar-refractivity contribution is 6.33. The Labute approximate surface area is 134 Å². The monoisotopic (exact) mass is 327 g/mol. The zero-order valence-electron chi connectivity index (χ0n) is 11.4. The van der Waals surface area contributed by atoms with Crippen LogP contribution in [0.1, 0.15) is 22.7 Å². The van der Waals surface area contributed by atoms with Gasteiger partial charge in [0.2, 0.25) is 0 Å². The lowest BCUT2D eigenvalue weighted by molar-refractivity contribution is 0.589. The molecule has 1 nitrogen and oxygen atoms in total. The fourth-order valence-corrected chi connectivity index (χ4v) is 2.84. The summed E-state index contributed by atoms with van der Waals surface area (Å²) in [4.78, 5) is 0. The third kappa shape index (κ3) is 3.67. The molecule has 1 unspecified atom stereocenters. The molecule has 0 heterocycles.